The minimum Gasteiger partial charge on any atom is -0.352 e. The average Bonchev–Trinajstić information content (AvgIpc) is 2.40. The minimum atomic E-state index is -0.118. The molecule has 1 amide bonds. The maximum atomic E-state index is 12.2. The smallest absolute Gasteiger partial charge is 0.221 e. The summed E-state index contributed by atoms with van der Waals surface area (Å²) in [6.45, 7) is 6.22. The zero-order valence-electron chi connectivity index (χ0n) is 11.9. The number of hydrogen-bond acceptors (Lipinski definition) is 2. The lowest BCUT2D eigenvalue weighted by Gasteiger charge is -2.28. The summed E-state index contributed by atoms with van der Waals surface area (Å²) >= 11 is 0. The SMILES string of the molecule is CC(C)(CC(=O)N[C@H]1CCCNC1)c1ccccc1. The van der Waals surface area contributed by atoms with Crippen LogP contribution in [0.4, 0.5) is 0 Å². The fourth-order valence-corrected chi connectivity index (χ4v) is 2.65. The summed E-state index contributed by atoms with van der Waals surface area (Å²) in [7, 11) is 0. The summed E-state index contributed by atoms with van der Waals surface area (Å²) in [5.41, 5.74) is 1.10. The van der Waals surface area contributed by atoms with E-state index in [9.17, 15) is 4.79 Å². The molecule has 0 spiro atoms. The molecule has 0 aliphatic carbocycles. The highest BCUT2D eigenvalue weighted by Crippen LogP contribution is 2.26. The van der Waals surface area contributed by atoms with Gasteiger partial charge in [0.05, 0.1) is 0 Å². The van der Waals surface area contributed by atoms with Crippen molar-refractivity contribution in [3.8, 4) is 0 Å². The van der Waals surface area contributed by atoms with Crippen molar-refractivity contribution in [3.63, 3.8) is 0 Å². The van der Waals surface area contributed by atoms with E-state index in [0.717, 1.165) is 25.9 Å². The summed E-state index contributed by atoms with van der Waals surface area (Å²) in [5, 5.41) is 6.46. The molecule has 1 saturated heterocycles. The van der Waals surface area contributed by atoms with E-state index in [2.05, 4.69) is 36.6 Å². The van der Waals surface area contributed by atoms with Gasteiger partial charge in [0.1, 0.15) is 0 Å². The van der Waals surface area contributed by atoms with Gasteiger partial charge in [-0.15, -0.1) is 0 Å². The van der Waals surface area contributed by atoms with E-state index in [-0.39, 0.29) is 11.3 Å². The molecule has 0 unspecified atom stereocenters. The molecule has 0 saturated carbocycles. The van der Waals surface area contributed by atoms with Crippen molar-refractivity contribution in [2.24, 2.45) is 0 Å². The van der Waals surface area contributed by atoms with Gasteiger partial charge < -0.3 is 10.6 Å². The quantitative estimate of drug-likeness (QED) is 0.871. The molecule has 0 bridgehead atoms. The molecule has 2 N–H and O–H groups in total. The average molecular weight is 260 g/mol. The number of carbonyl (C=O) groups is 1. The van der Waals surface area contributed by atoms with E-state index in [0.29, 0.717) is 12.5 Å². The van der Waals surface area contributed by atoms with Gasteiger partial charge in [-0.25, -0.2) is 0 Å². The molecule has 1 aromatic rings. The predicted octanol–water partition coefficient (Wildman–Crippen LogP) is 2.22. The van der Waals surface area contributed by atoms with E-state index in [1.807, 2.05) is 18.2 Å². The molecule has 3 nitrogen and oxygen atoms in total. The number of nitrogens with one attached hydrogen (secondary N) is 2. The lowest BCUT2D eigenvalue weighted by Crippen LogP contribution is -2.46. The molecular formula is C16H24N2O. The molecule has 3 heteroatoms. The molecule has 0 aromatic heterocycles. The first-order valence-corrected chi connectivity index (χ1v) is 7.13. The van der Waals surface area contributed by atoms with Crippen molar-refractivity contribution < 1.29 is 4.79 Å². The number of hydrogen-bond donors (Lipinski definition) is 2. The van der Waals surface area contributed by atoms with Crippen LogP contribution in [0, 0.1) is 0 Å². The number of benzene rings is 1. The van der Waals surface area contributed by atoms with E-state index in [4.69, 9.17) is 0 Å². The summed E-state index contributed by atoms with van der Waals surface area (Å²) in [6.07, 6.45) is 2.77. The van der Waals surface area contributed by atoms with Crippen LogP contribution < -0.4 is 10.6 Å². The first kappa shape index (κ1) is 14.1. The Morgan fingerprint density at radius 1 is 1.37 bits per heavy atom. The third-order valence-corrected chi connectivity index (χ3v) is 3.82. The van der Waals surface area contributed by atoms with Crippen molar-refractivity contribution in [1.29, 1.82) is 0 Å². The normalized spacial score (nSPS) is 20.0. The van der Waals surface area contributed by atoms with Crippen molar-refractivity contribution in [2.75, 3.05) is 13.1 Å². The second kappa shape index (κ2) is 6.20. The highest BCUT2D eigenvalue weighted by Gasteiger charge is 2.25. The van der Waals surface area contributed by atoms with Gasteiger partial charge in [-0.2, -0.15) is 0 Å². The third kappa shape index (κ3) is 4.06. The molecule has 1 aliphatic rings. The van der Waals surface area contributed by atoms with Crippen LogP contribution >= 0.6 is 0 Å². The van der Waals surface area contributed by atoms with Crippen LogP contribution in [-0.4, -0.2) is 25.0 Å². The van der Waals surface area contributed by atoms with Crippen molar-refractivity contribution in [1.82, 2.24) is 10.6 Å². The molecule has 1 fully saturated rings. The Balaban J connectivity index is 1.90. The lowest BCUT2D eigenvalue weighted by molar-refractivity contribution is -0.122. The standard InChI is InChI=1S/C16H24N2O/c1-16(2,13-7-4-3-5-8-13)11-15(19)18-14-9-6-10-17-12-14/h3-5,7-8,14,17H,6,9-12H2,1-2H3,(H,18,19)/t14-/m0/s1. The largest absolute Gasteiger partial charge is 0.352 e. The van der Waals surface area contributed by atoms with Gasteiger partial charge in [-0.1, -0.05) is 44.2 Å². The Morgan fingerprint density at radius 2 is 2.11 bits per heavy atom. The Kier molecular flexibility index (Phi) is 4.59. The van der Waals surface area contributed by atoms with E-state index < -0.39 is 0 Å². The topological polar surface area (TPSA) is 41.1 Å². The number of carbonyl (C=O) groups excluding carboxylic acids is 1. The van der Waals surface area contributed by atoms with Gasteiger partial charge in [-0.05, 0) is 30.4 Å². The Hall–Kier alpha value is -1.35. The van der Waals surface area contributed by atoms with Crippen molar-refractivity contribution in [2.45, 2.75) is 44.6 Å². The van der Waals surface area contributed by atoms with E-state index >= 15 is 0 Å². The van der Waals surface area contributed by atoms with Crippen LogP contribution in [0.25, 0.3) is 0 Å². The molecule has 1 atom stereocenters. The van der Waals surface area contributed by atoms with Crippen molar-refractivity contribution in [3.05, 3.63) is 35.9 Å². The van der Waals surface area contributed by atoms with E-state index in [1.54, 1.807) is 0 Å². The van der Waals surface area contributed by atoms with Crippen LogP contribution in [0.15, 0.2) is 30.3 Å². The summed E-state index contributed by atoms with van der Waals surface area (Å²) in [5.74, 6) is 0.155. The molecule has 1 aromatic carbocycles. The van der Waals surface area contributed by atoms with Crippen molar-refractivity contribution >= 4 is 5.91 Å². The van der Waals surface area contributed by atoms with Crippen LogP contribution in [-0.2, 0) is 10.2 Å². The number of amides is 1. The van der Waals surface area contributed by atoms with Gasteiger partial charge in [0.25, 0.3) is 0 Å². The van der Waals surface area contributed by atoms with Gasteiger partial charge in [0.2, 0.25) is 5.91 Å². The highest BCUT2D eigenvalue weighted by molar-refractivity contribution is 5.77. The highest BCUT2D eigenvalue weighted by atomic mass is 16.1. The minimum absolute atomic E-state index is 0.118. The Bertz CT molecular complexity index is 408. The Morgan fingerprint density at radius 3 is 2.74 bits per heavy atom. The van der Waals surface area contributed by atoms with Crippen LogP contribution in [0.2, 0.25) is 0 Å². The maximum Gasteiger partial charge on any atom is 0.221 e. The molecule has 1 heterocycles. The van der Waals surface area contributed by atoms with Crippen LogP contribution in [0.1, 0.15) is 38.7 Å². The van der Waals surface area contributed by atoms with Gasteiger partial charge in [-0.3, -0.25) is 4.79 Å². The monoisotopic (exact) mass is 260 g/mol. The molecule has 2 rings (SSSR count). The summed E-state index contributed by atoms with van der Waals surface area (Å²) < 4.78 is 0. The number of rotatable bonds is 4. The second-order valence-corrected chi connectivity index (χ2v) is 6.04. The molecular weight excluding hydrogens is 236 g/mol. The van der Waals surface area contributed by atoms with Crippen LogP contribution in [0.3, 0.4) is 0 Å². The van der Waals surface area contributed by atoms with Gasteiger partial charge in [0.15, 0.2) is 0 Å². The molecule has 0 radical (unpaired) electrons. The molecule has 1 aliphatic heterocycles. The fraction of sp³-hybridized carbons (Fsp3) is 0.562. The molecule has 19 heavy (non-hydrogen) atoms. The zero-order chi connectivity index (χ0) is 13.7. The van der Waals surface area contributed by atoms with Gasteiger partial charge >= 0.3 is 0 Å². The van der Waals surface area contributed by atoms with Crippen LogP contribution in [0.5, 0.6) is 0 Å². The lowest BCUT2D eigenvalue weighted by atomic mass is 9.81. The second-order valence-electron chi connectivity index (χ2n) is 6.04. The third-order valence-electron chi connectivity index (χ3n) is 3.82. The summed E-state index contributed by atoms with van der Waals surface area (Å²) in [4.78, 5) is 12.2. The first-order chi connectivity index (χ1) is 9.08. The predicted molar refractivity (Wildman–Crippen MR) is 78.1 cm³/mol. The molecule has 104 valence electrons. The first-order valence-electron chi connectivity index (χ1n) is 7.13. The Labute approximate surface area is 115 Å². The van der Waals surface area contributed by atoms with E-state index in [1.165, 1.54) is 5.56 Å². The van der Waals surface area contributed by atoms with Gasteiger partial charge in [0, 0.05) is 19.0 Å². The summed E-state index contributed by atoms with van der Waals surface area (Å²) in [6, 6.07) is 10.5. The maximum absolute atomic E-state index is 12.2. The fourth-order valence-electron chi connectivity index (χ4n) is 2.65. The number of piperidine rings is 1. The zero-order valence-corrected chi connectivity index (χ0v) is 11.9.